The van der Waals surface area contributed by atoms with Crippen LogP contribution < -0.4 is 20.1 Å². The summed E-state index contributed by atoms with van der Waals surface area (Å²) in [5, 5.41) is 6.59. The van der Waals surface area contributed by atoms with E-state index in [4.69, 9.17) is 9.47 Å². The number of pyridine rings is 1. The molecule has 6 nitrogen and oxygen atoms in total. The molecule has 0 amide bonds. The molecular formula is C19H26N4O2. The Labute approximate surface area is 149 Å². The molecular weight excluding hydrogens is 316 g/mol. The Morgan fingerprint density at radius 2 is 1.96 bits per heavy atom. The second-order valence-corrected chi connectivity index (χ2v) is 5.57. The van der Waals surface area contributed by atoms with Crippen LogP contribution in [-0.4, -0.2) is 31.7 Å². The van der Waals surface area contributed by atoms with Crippen LogP contribution >= 0.6 is 0 Å². The van der Waals surface area contributed by atoms with Gasteiger partial charge in [0, 0.05) is 30.9 Å². The number of aryl methyl sites for hydroxylation is 1. The van der Waals surface area contributed by atoms with E-state index >= 15 is 0 Å². The van der Waals surface area contributed by atoms with Gasteiger partial charge < -0.3 is 20.1 Å². The second-order valence-electron chi connectivity index (χ2n) is 5.57. The highest BCUT2D eigenvalue weighted by Gasteiger charge is 2.05. The number of rotatable bonds is 7. The number of methoxy groups -OCH3 is 2. The van der Waals surface area contributed by atoms with Crippen molar-refractivity contribution < 1.29 is 9.47 Å². The Balaban J connectivity index is 2.02. The molecule has 0 aliphatic heterocycles. The summed E-state index contributed by atoms with van der Waals surface area (Å²) in [6.45, 7) is 6.05. The molecule has 1 aromatic carbocycles. The predicted molar refractivity (Wildman–Crippen MR) is 100 cm³/mol. The zero-order chi connectivity index (χ0) is 18.1. The van der Waals surface area contributed by atoms with E-state index in [1.165, 1.54) is 5.56 Å². The van der Waals surface area contributed by atoms with E-state index in [0.717, 1.165) is 29.4 Å². The molecule has 0 atom stereocenters. The van der Waals surface area contributed by atoms with E-state index in [1.807, 2.05) is 32.0 Å². The molecule has 25 heavy (non-hydrogen) atoms. The average molecular weight is 342 g/mol. The van der Waals surface area contributed by atoms with E-state index in [2.05, 4.69) is 32.7 Å². The number of hydrogen-bond acceptors (Lipinski definition) is 4. The van der Waals surface area contributed by atoms with Crippen molar-refractivity contribution in [3.8, 4) is 11.6 Å². The molecule has 0 saturated carbocycles. The lowest BCUT2D eigenvalue weighted by Crippen LogP contribution is -2.36. The monoisotopic (exact) mass is 342 g/mol. The summed E-state index contributed by atoms with van der Waals surface area (Å²) in [7, 11) is 3.29. The topological polar surface area (TPSA) is 67.8 Å². The molecule has 0 aliphatic rings. The molecule has 0 fully saturated rings. The van der Waals surface area contributed by atoms with Gasteiger partial charge in [-0.15, -0.1) is 0 Å². The molecule has 6 heteroatoms. The smallest absolute Gasteiger partial charge is 0.212 e. The molecule has 1 heterocycles. The van der Waals surface area contributed by atoms with Crippen molar-refractivity contribution in [2.45, 2.75) is 26.9 Å². The van der Waals surface area contributed by atoms with Crippen LogP contribution in [-0.2, 0) is 13.1 Å². The maximum absolute atomic E-state index is 5.45. The molecule has 2 N–H and O–H groups in total. The first kappa shape index (κ1) is 18.6. The van der Waals surface area contributed by atoms with Gasteiger partial charge in [-0.2, -0.15) is 0 Å². The first-order chi connectivity index (χ1) is 12.2. The van der Waals surface area contributed by atoms with Gasteiger partial charge in [0.15, 0.2) is 5.96 Å². The van der Waals surface area contributed by atoms with Crippen LogP contribution in [0.3, 0.4) is 0 Å². The minimum absolute atomic E-state index is 0.539. The molecule has 2 aromatic rings. The Kier molecular flexibility index (Phi) is 7.07. The van der Waals surface area contributed by atoms with Crippen LogP contribution in [0.2, 0.25) is 0 Å². The lowest BCUT2D eigenvalue weighted by Gasteiger charge is -2.14. The highest BCUT2D eigenvalue weighted by Crippen LogP contribution is 2.19. The van der Waals surface area contributed by atoms with Crippen LogP contribution in [0.4, 0.5) is 0 Å². The summed E-state index contributed by atoms with van der Waals surface area (Å²) in [6, 6.07) is 9.97. The van der Waals surface area contributed by atoms with Crippen molar-refractivity contribution in [3.63, 3.8) is 0 Å². The fraction of sp³-hybridized carbons (Fsp3) is 0.368. The van der Waals surface area contributed by atoms with Gasteiger partial charge in [0.2, 0.25) is 5.88 Å². The molecule has 0 spiro atoms. The van der Waals surface area contributed by atoms with Gasteiger partial charge >= 0.3 is 0 Å². The van der Waals surface area contributed by atoms with Crippen molar-refractivity contribution in [3.05, 3.63) is 53.2 Å². The van der Waals surface area contributed by atoms with Gasteiger partial charge in [-0.3, -0.25) is 0 Å². The summed E-state index contributed by atoms with van der Waals surface area (Å²) in [5.74, 6) is 2.23. The Morgan fingerprint density at radius 3 is 2.60 bits per heavy atom. The second kappa shape index (κ2) is 9.52. The van der Waals surface area contributed by atoms with Crippen molar-refractivity contribution in [2.75, 3.05) is 20.8 Å². The van der Waals surface area contributed by atoms with Gasteiger partial charge in [-0.1, -0.05) is 18.2 Å². The number of guanidine groups is 1. The number of benzene rings is 1. The molecule has 1 aromatic heterocycles. The Morgan fingerprint density at radius 1 is 1.12 bits per heavy atom. The van der Waals surface area contributed by atoms with Crippen molar-refractivity contribution in [1.82, 2.24) is 15.6 Å². The summed E-state index contributed by atoms with van der Waals surface area (Å²) in [6.07, 6.45) is 1.77. The lowest BCUT2D eigenvalue weighted by molar-refractivity contribution is 0.397. The van der Waals surface area contributed by atoms with Crippen molar-refractivity contribution >= 4 is 5.96 Å². The van der Waals surface area contributed by atoms with E-state index in [-0.39, 0.29) is 0 Å². The van der Waals surface area contributed by atoms with Gasteiger partial charge in [0.1, 0.15) is 5.75 Å². The van der Waals surface area contributed by atoms with Crippen LogP contribution in [0.25, 0.3) is 0 Å². The van der Waals surface area contributed by atoms with Crippen molar-refractivity contribution in [1.29, 1.82) is 0 Å². The molecule has 0 radical (unpaired) electrons. The zero-order valence-electron chi connectivity index (χ0n) is 15.3. The average Bonchev–Trinajstić information content (AvgIpc) is 2.65. The normalized spacial score (nSPS) is 11.1. The van der Waals surface area contributed by atoms with Gasteiger partial charge in [-0.25, -0.2) is 9.98 Å². The molecule has 0 aliphatic carbocycles. The highest BCUT2D eigenvalue weighted by molar-refractivity contribution is 5.79. The minimum Gasteiger partial charge on any atom is -0.496 e. The molecule has 0 bridgehead atoms. The zero-order valence-corrected chi connectivity index (χ0v) is 15.3. The first-order valence-electron chi connectivity index (χ1n) is 8.31. The molecule has 2 rings (SSSR count). The maximum atomic E-state index is 5.45. The standard InChI is InChI=1S/C19H26N4O2/c1-5-20-19(22-12-15-7-9-18(25-4)21-11-15)23-13-16-8-6-14(2)10-17(16)24-3/h6-11H,5,12-13H2,1-4H3,(H2,20,22,23). The predicted octanol–water partition coefficient (Wildman–Crippen LogP) is 2.66. The van der Waals surface area contributed by atoms with Gasteiger partial charge in [0.25, 0.3) is 0 Å². The molecule has 134 valence electrons. The number of hydrogen-bond donors (Lipinski definition) is 2. The summed E-state index contributed by atoms with van der Waals surface area (Å²) < 4.78 is 10.5. The van der Waals surface area contributed by atoms with E-state index in [1.54, 1.807) is 20.4 Å². The SMILES string of the molecule is CCNC(=NCc1ccc(OC)nc1)NCc1ccc(C)cc1OC. The summed E-state index contributed by atoms with van der Waals surface area (Å²) in [4.78, 5) is 8.80. The highest BCUT2D eigenvalue weighted by atomic mass is 16.5. The number of ether oxygens (including phenoxy) is 2. The molecule has 0 saturated heterocycles. The van der Waals surface area contributed by atoms with Gasteiger partial charge in [0.05, 0.1) is 20.8 Å². The number of nitrogens with one attached hydrogen (secondary N) is 2. The van der Waals surface area contributed by atoms with Crippen LogP contribution in [0.1, 0.15) is 23.6 Å². The third-order valence-electron chi connectivity index (χ3n) is 3.66. The number of aliphatic imine (C=N–C) groups is 1. The number of aromatic nitrogens is 1. The first-order valence-corrected chi connectivity index (χ1v) is 8.31. The minimum atomic E-state index is 0.539. The Hall–Kier alpha value is -2.76. The lowest BCUT2D eigenvalue weighted by atomic mass is 10.1. The van der Waals surface area contributed by atoms with Gasteiger partial charge in [-0.05, 0) is 31.0 Å². The van der Waals surface area contributed by atoms with E-state index in [0.29, 0.717) is 19.0 Å². The fourth-order valence-corrected chi connectivity index (χ4v) is 2.31. The largest absolute Gasteiger partial charge is 0.496 e. The van der Waals surface area contributed by atoms with Crippen LogP contribution in [0, 0.1) is 6.92 Å². The Bertz CT molecular complexity index is 699. The van der Waals surface area contributed by atoms with Crippen LogP contribution in [0.5, 0.6) is 11.6 Å². The third kappa shape index (κ3) is 5.67. The molecule has 0 unspecified atom stereocenters. The summed E-state index contributed by atoms with van der Waals surface area (Å²) in [5.41, 5.74) is 3.28. The maximum Gasteiger partial charge on any atom is 0.212 e. The van der Waals surface area contributed by atoms with E-state index in [9.17, 15) is 0 Å². The fourth-order valence-electron chi connectivity index (χ4n) is 2.31. The third-order valence-corrected chi connectivity index (χ3v) is 3.66. The van der Waals surface area contributed by atoms with Crippen LogP contribution in [0.15, 0.2) is 41.5 Å². The van der Waals surface area contributed by atoms with E-state index < -0.39 is 0 Å². The quantitative estimate of drug-likeness (QED) is 0.598. The summed E-state index contributed by atoms with van der Waals surface area (Å²) >= 11 is 0. The van der Waals surface area contributed by atoms with Crippen molar-refractivity contribution in [2.24, 2.45) is 4.99 Å². The number of nitrogens with zero attached hydrogens (tertiary/aromatic N) is 2.